The Kier molecular flexibility index (Phi) is 5.49. The molecule has 0 radical (unpaired) electrons. The molecule has 0 saturated heterocycles. The van der Waals surface area contributed by atoms with Gasteiger partial charge in [0.05, 0.1) is 24.4 Å². The predicted molar refractivity (Wildman–Crippen MR) is 102 cm³/mol. The van der Waals surface area contributed by atoms with E-state index in [4.69, 9.17) is 27.9 Å². The molecule has 2 aromatic carbocycles. The number of carbonyl (C=O) groups is 1. The number of methoxy groups -OCH3 is 1. The number of ether oxygens (including phenoxy) is 2. The van der Waals surface area contributed by atoms with Crippen molar-refractivity contribution in [1.82, 2.24) is 5.43 Å². The van der Waals surface area contributed by atoms with E-state index in [2.05, 4.69) is 15.3 Å². The summed E-state index contributed by atoms with van der Waals surface area (Å²) in [7, 11) is 1.26. The number of hydrogen-bond donors (Lipinski definition) is 1. The lowest BCUT2D eigenvalue weighted by molar-refractivity contribution is 0.0931. The Balaban J connectivity index is 2.13. The van der Waals surface area contributed by atoms with Crippen molar-refractivity contribution in [2.24, 2.45) is 5.10 Å². The molecule has 1 aliphatic heterocycles. The van der Waals surface area contributed by atoms with Crippen LogP contribution in [0.15, 0.2) is 65.1 Å². The highest BCUT2D eigenvalue weighted by atomic mass is 35.5. The highest BCUT2D eigenvalue weighted by molar-refractivity contribution is 6.31. The maximum Gasteiger partial charge on any atom is 0.513 e. The lowest BCUT2D eigenvalue weighted by atomic mass is 9.86. The molecule has 0 spiro atoms. The van der Waals surface area contributed by atoms with Crippen LogP contribution >= 0.6 is 23.2 Å². The minimum atomic E-state index is -0.805. The van der Waals surface area contributed by atoms with E-state index in [9.17, 15) is 4.79 Å². The van der Waals surface area contributed by atoms with Crippen molar-refractivity contribution in [3.05, 3.63) is 81.2 Å². The second-order valence-corrected chi connectivity index (χ2v) is 6.53. The number of carbonyl (C=O) groups excluding carboxylic acids is 1. The molecular weight excluding hydrogens is 375 g/mol. The lowest BCUT2D eigenvalue weighted by Gasteiger charge is -2.27. The quantitative estimate of drug-likeness (QED) is 0.740. The van der Waals surface area contributed by atoms with Crippen LogP contribution in [0.25, 0.3) is 0 Å². The van der Waals surface area contributed by atoms with Crippen LogP contribution in [0.2, 0.25) is 10.0 Å². The van der Waals surface area contributed by atoms with E-state index in [1.54, 1.807) is 25.1 Å². The van der Waals surface area contributed by atoms with Crippen molar-refractivity contribution < 1.29 is 14.3 Å². The number of rotatable bonds is 3. The molecule has 1 atom stereocenters. The van der Waals surface area contributed by atoms with Gasteiger partial charge in [-0.2, -0.15) is 5.10 Å². The maximum absolute atomic E-state index is 11.8. The summed E-state index contributed by atoms with van der Waals surface area (Å²) in [6.07, 6.45) is -0.805. The summed E-state index contributed by atoms with van der Waals surface area (Å²) in [5.74, 6) is -0.0587. The fourth-order valence-electron chi connectivity index (χ4n) is 2.75. The Bertz CT molecular complexity index is 909. The topological polar surface area (TPSA) is 59.9 Å². The van der Waals surface area contributed by atoms with E-state index in [-0.39, 0.29) is 0 Å². The second kappa shape index (κ2) is 7.81. The molecule has 134 valence electrons. The minimum absolute atomic E-state index is 0.393. The van der Waals surface area contributed by atoms with Crippen LogP contribution in [-0.4, -0.2) is 19.0 Å². The fraction of sp³-hybridized carbons (Fsp3) is 0.158. The molecule has 0 amide bonds. The molecule has 0 aromatic heterocycles. The Morgan fingerprint density at radius 3 is 2.46 bits per heavy atom. The molecule has 5 nitrogen and oxygen atoms in total. The summed E-state index contributed by atoms with van der Waals surface area (Å²) >= 11 is 12.3. The van der Waals surface area contributed by atoms with Crippen LogP contribution in [-0.2, 0) is 9.47 Å². The summed E-state index contributed by atoms with van der Waals surface area (Å²) in [5, 5.41) is 5.62. The maximum atomic E-state index is 11.8. The van der Waals surface area contributed by atoms with Gasteiger partial charge in [0.1, 0.15) is 5.76 Å². The van der Waals surface area contributed by atoms with Crippen molar-refractivity contribution >= 4 is 35.1 Å². The third kappa shape index (κ3) is 3.84. The van der Waals surface area contributed by atoms with E-state index in [1.807, 2.05) is 30.3 Å². The Hall–Kier alpha value is -2.50. The fourth-order valence-corrected chi connectivity index (χ4v) is 3.13. The largest absolute Gasteiger partial charge is 0.513 e. The van der Waals surface area contributed by atoms with Gasteiger partial charge >= 0.3 is 6.16 Å². The van der Waals surface area contributed by atoms with Gasteiger partial charge in [-0.1, -0.05) is 47.5 Å². The molecule has 26 heavy (non-hydrogen) atoms. The van der Waals surface area contributed by atoms with Gasteiger partial charge < -0.3 is 9.47 Å². The van der Waals surface area contributed by atoms with Gasteiger partial charge in [0.2, 0.25) is 0 Å². The van der Waals surface area contributed by atoms with Crippen LogP contribution < -0.4 is 5.43 Å². The number of nitrogens with zero attached hydrogens (tertiary/aromatic N) is 1. The normalized spacial score (nSPS) is 16.6. The van der Waals surface area contributed by atoms with Crippen molar-refractivity contribution in [3.8, 4) is 0 Å². The first kappa shape index (κ1) is 18.3. The first-order valence-corrected chi connectivity index (χ1v) is 8.56. The number of nitrogens with one attached hydrogen (secondary N) is 1. The standard InChI is InChI=1S/C19H16Cl2N2O3/c1-11-18(26-19(24)25-2)16(12-5-3-7-14(20)9-12)17(23-22-11)13-6-4-8-15(21)10-13/h3-10,16,22H,1-2H3. The molecule has 1 N–H and O–H groups in total. The zero-order chi connectivity index (χ0) is 18.7. The molecule has 1 unspecified atom stereocenters. The molecule has 2 aromatic rings. The van der Waals surface area contributed by atoms with Crippen molar-refractivity contribution in [2.75, 3.05) is 7.11 Å². The third-order valence-corrected chi connectivity index (χ3v) is 4.38. The predicted octanol–water partition coefficient (Wildman–Crippen LogP) is 5.10. The number of benzene rings is 2. The molecular formula is C19H16Cl2N2O3. The van der Waals surface area contributed by atoms with Crippen LogP contribution in [0.5, 0.6) is 0 Å². The molecule has 1 heterocycles. The van der Waals surface area contributed by atoms with E-state index >= 15 is 0 Å². The van der Waals surface area contributed by atoms with Crippen LogP contribution in [0, 0.1) is 0 Å². The highest BCUT2D eigenvalue weighted by Gasteiger charge is 2.32. The average molecular weight is 391 g/mol. The Labute approximate surface area is 161 Å². The zero-order valence-corrected chi connectivity index (χ0v) is 15.6. The zero-order valence-electron chi connectivity index (χ0n) is 14.1. The van der Waals surface area contributed by atoms with Crippen LogP contribution in [0.3, 0.4) is 0 Å². The SMILES string of the molecule is COC(=O)OC1=C(C)NN=C(c2cccc(Cl)c2)C1c1cccc(Cl)c1. The third-order valence-electron chi connectivity index (χ3n) is 3.91. The number of hydrogen-bond acceptors (Lipinski definition) is 5. The van der Waals surface area contributed by atoms with Crippen LogP contribution in [0.1, 0.15) is 24.0 Å². The van der Waals surface area contributed by atoms with Gasteiger partial charge in [-0.15, -0.1) is 0 Å². The minimum Gasteiger partial charge on any atom is -0.437 e. The van der Waals surface area contributed by atoms with Gasteiger partial charge in [0.25, 0.3) is 0 Å². The monoisotopic (exact) mass is 390 g/mol. The van der Waals surface area contributed by atoms with Crippen LogP contribution in [0.4, 0.5) is 4.79 Å². The lowest BCUT2D eigenvalue weighted by Crippen LogP contribution is -2.29. The summed E-state index contributed by atoms with van der Waals surface area (Å²) in [4.78, 5) is 11.8. The molecule has 3 rings (SSSR count). The van der Waals surface area contributed by atoms with E-state index < -0.39 is 12.1 Å². The summed E-state index contributed by atoms with van der Waals surface area (Å²) in [6.45, 7) is 1.77. The number of halogens is 2. The molecule has 1 aliphatic rings. The van der Waals surface area contributed by atoms with Gasteiger partial charge in [-0.3, -0.25) is 5.43 Å². The molecule has 0 saturated carbocycles. The van der Waals surface area contributed by atoms with Gasteiger partial charge in [0, 0.05) is 15.6 Å². The van der Waals surface area contributed by atoms with E-state index in [0.29, 0.717) is 27.2 Å². The number of hydrazone groups is 1. The van der Waals surface area contributed by atoms with E-state index in [1.165, 1.54) is 7.11 Å². The summed E-state index contributed by atoms with van der Waals surface area (Å²) in [6, 6.07) is 14.6. The Morgan fingerprint density at radius 1 is 1.12 bits per heavy atom. The van der Waals surface area contributed by atoms with Crippen molar-refractivity contribution in [3.63, 3.8) is 0 Å². The van der Waals surface area contributed by atoms with Crippen molar-refractivity contribution in [1.29, 1.82) is 0 Å². The smallest absolute Gasteiger partial charge is 0.437 e. The first-order chi connectivity index (χ1) is 12.5. The Morgan fingerprint density at radius 2 is 1.81 bits per heavy atom. The van der Waals surface area contributed by atoms with E-state index in [0.717, 1.165) is 11.1 Å². The van der Waals surface area contributed by atoms with Crippen molar-refractivity contribution in [2.45, 2.75) is 12.8 Å². The van der Waals surface area contributed by atoms with Gasteiger partial charge in [-0.25, -0.2) is 4.79 Å². The first-order valence-electron chi connectivity index (χ1n) is 7.81. The number of allylic oxidation sites excluding steroid dienone is 2. The average Bonchev–Trinajstić information content (AvgIpc) is 2.63. The highest BCUT2D eigenvalue weighted by Crippen LogP contribution is 2.35. The molecule has 0 aliphatic carbocycles. The van der Waals surface area contributed by atoms with Gasteiger partial charge in [-0.05, 0) is 36.8 Å². The summed E-state index contributed by atoms with van der Waals surface area (Å²) < 4.78 is 10.1. The van der Waals surface area contributed by atoms with Gasteiger partial charge in [0.15, 0.2) is 0 Å². The molecule has 0 bridgehead atoms. The molecule has 0 fully saturated rings. The summed E-state index contributed by atoms with van der Waals surface area (Å²) in [5.41, 5.74) is 5.79. The molecule has 7 heteroatoms. The second-order valence-electron chi connectivity index (χ2n) is 5.65.